The monoisotopic (exact) mass is 204 g/mol. The van der Waals surface area contributed by atoms with Gasteiger partial charge in [-0.3, -0.25) is 6.42 Å². The average molecular weight is 204 g/mol. The first-order valence-corrected chi connectivity index (χ1v) is 2.92. The van der Waals surface area contributed by atoms with E-state index < -0.39 is 0 Å². The van der Waals surface area contributed by atoms with Gasteiger partial charge in [-0.2, -0.15) is 6.42 Å². The summed E-state index contributed by atoms with van der Waals surface area (Å²) in [7, 11) is 0. The number of ether oxygens (including phenoxy) is 1. The standard InChI is InChI=1S/C6H11O2.Y/c1-5-2-3-6(4-7)8-5;/h3,5-7H,2,4H2,1H3;/q-1;/t5-,6-;/m1./s1. The van der Waals surface area contributed by atoms with Crippen LogP contribution in [0.3, 0.4) is 0 Å². The van der Waals surface area contributed by atoms with Gasteiger partial charge in [-0.25, -0.2) is 0 Å². The van der Waals surface area contributed by atoms with Gasteiger partial charge < -0.3 is 9.84 Å². The van der Waals surface area contributed by atoms with Crippen LogP contribution in [0.25, 0.3) is 0 Å². The van der Waals surface area contributed by atoms with Crippen molar-refractivity contribution in [1.82, 2.24) is 0 Å². The van der Waals surface area contributed by atoms with E-state index in [1.165, 1.54) is 0 Å². The minimum absolute atomic E-state index is 0. The molecule has 1 radical (unpaired) electrons. The molecule has 0 amide bonds. The number of aliphatic hydroxyl groups excluding tert-OH is 1. The first-order chi connectivity index (χ1) is 3.83. The van der Waals surface area contributed by atoms with Crippen LogP contribution in [-0.2, 0) is 37.4 Å². The number of hydrogen-bond donors (Lipinski definition) is 1. The third-order valence-corrected chi connectivity index (χ3v) is 1.32. The van der Waals surface area contributed by atoms with Crippen LogP contribution in [0.1, 0.15) is 13.3 Å². The summed E-state index contributed by atoms with van der Waals surface area (Å²) in [4.78, 5) is 0. The summed E-state index contributed by atoms with van der Waals surface area (Å²) in [6, 6.07) is 0. The van der Waals surface area contributed by atoms with Gasteiger partial charge >= 0.3 is 0 Å². The van der Waals surface area contributed by atoms with E-state index in [4.69, 9.17) is 9.84 Å². The Morgan fingerprint density at radius 1 is 1.78 bits per heavy atom. The van der Waals surface area contributed by atoms with E-state index in [1.807, 2.05) is 13.3 Å². The van der Waals surface area contributed by atoms with Crippen LogP contribution < -0.4 is 0 Å². The van der Waals surface area contributed by atoms with Crippen LogP contribution in [0.2, 0.25) is 0 Å². The number of rotatable bonds is 1. The summed E-state index contributed by atoms with van der Waals surface area (Å²) in [5.74, 6) is 0. The van der Waals surface area contributed by atoms with Crippen LogP contribution in [0, 0.1) is 6.42 Å². The fraction of sp³-hybridized carbons (Fsp3) is 0.833. The van der Waals surface area contributed by atoms with Crippen molar-refractivity contribution in [2.75, 3.05) is 6.61 Å². The average Bonchev–Trinajstić information content (AvgIpc) is 2.14. The molecule has 2 nitrogen and oxygen atoms in total. The van der Waals surface area contributed by atoms with Gasteiger partial charge in [0, 0.05) is 45.4 Å². The molecule has 3 heteroatoms. The zero-order valence-electron chi connectivity index (χ0n) is 5.58. The maximum absolute atomic E-state index is 8.53. The van der Waals surface area contributed by atoms with Crippen molar-refractivity contribution in [3.63, 3.8) is 0 Å². The Bertz CT molecular complexity index is 77.5. The molecule has 1 heterocycles. The van der Waals surface area contributed by atoms with Gasteiger partial charge in [0.1, 0.15) is 0 Å². The molecule has 1 aliphatic heterocycles. The second-order valence-electron chi connectivity index (χ2n) is 2.14. The van der Waals surface area contributed by atoms with Crippen LogP contribution in [0.15, 0.2) is 0 Å². The van der Waals surface area contributed by atoms with Crippen molar-refractivity contribution < 1.29 is 42.6 Å². The summed E-state index contributed by atoms with van der Waals surface area (Å²) in [5.41, 5.74) is 0. The van der Waals surface area contributed by atoms with Crippen molar-refractivity contribution in [1.29, 1.82) is 0 Å². The molecular formula is C6H11O2Y-. The third-order valence-electron chi connectivity index (χ3n) is 1.32. The van der Waals surface area contributed by atoms with Crippen molar-refractivity contribution >= 4 is 0 Å². The topological polar surface area (TPSA) is 29.5 Å². The largest absolute Gasteiger partial charge is 0.407 e. The Morgan fingerprint density at radius 2 is 2.44 bits per heavy atom. The second kappa shape index (κ2) is 4.78. The fourth-order valence-electron chi connectivity index (χ4n) is 0.870. The Labute approximate surface area is 80.8 Å². The molecule has 0 spiro atoms. The van der Waals surface area contributed by atoms with Gasteiger partial charge in [-0.1, -0.05) is 0 Å². The van der Waals surface area contributed by atoms with E-state index >= 15 is 0 Å². The molecule has 9 heavy (non-hydrogen) atoms. The van der Waals surface area contributed by atoms with Crippen LogP contribution in [-0.4, -0.2) is 23.9 Å². The molecule has 0 aromatic carbocycles. The Hall–Kier alpha value is 1.02. The molecule has 0 saturated carbocycles. The molecule has 2 atom stereocenters. The summed E-state index contributed by atoms with van der Waals surface area (Å²) in [6.45, 7) is 2.14. The Morgan fingerprint density at radius 3 is 2.67 bits per heavy atom. The molecule has 1 aliphatic rings. The molecule has 1 N–H and O–H groups in total. The first-order valence-electron chi connectivity index (χ1n) is 2.92. The number of aliphatic hydroxyl groups is 1. The quantitative estimate of drug-likeness (QED) is 0.625. The van der Waals surface area contributed by atoms with Crippen molar-refractivity contribution in [2.24, 2.45) is 0 Å². The normalized spacial score (nSPS) is 34.0. The van der Waals surface area contributed by atoms with Crippen LogP contribution >= 0.6 is 0 Å². The molecule has 1 saturated heterocycles. The zero-order chi connectivity index (χ0) is 5.98. The predicted molar refractivity (Wildman–Crippen MR) is 30.3 cm³/mol. The second-order valence-corrected chi connectivity index (χ2v) is 2.14. The van der Waals surface area contributed by atoms with Crippen LogP contribution in [0.4, 0.5) is 0 Å². The molecule has 1 rings (SSSR count). The van der Waals surface area contributed by atoms with E-state index in [0.717, 1.165) is 6.42 Å². The van der Waals surface area contributed by atoms with Gasteiger partial charge in [0.15, 0.2) is 0 Å². The molecule has 0 aromatic rings. The first kappa shape index (κ1) is 10.0. The fourth-order valence-corrected chi connectivity index (χ4v) is 0.870. The van der Waals surface area contributed by atoms with Gasteiger partial charge in [0.2, 0.25) is 0 Å². The zero-order valence-corrected chi connectivity index (χ0v) is 8.42. The molecule has 51 valence electrons. The van der Waals surface area contributed by atoms with E-state index in [9.17, 15) is 0 Å². The van der Waals surface area contributed by atoms with E-state index in [-0.39, 0.29) is 45.4 Å². The van der Waals surface area contributed by atoms with Gasteiger partial charge in [-0.15, -0.1) is 0 Å². The number of hydrogen-bond acceptors (Lipinski definition) is 2. The van der Waals surface area contributed by atoms with Gasteiger partial charge in [0.25, 0.3) is 0 Å². The SMILES string of the molecule is C[C@@H]1C[CH-][C@H](CO)O1.[Y]. The minimum atomic E-state index is 0. The molecule has 0 aliphatic carbocycles. The molecule has 1 fully saturated rings. The summed E-state index contributed by atoms with van der Waals surface area (Å²) >= 11 is 0. The molecule has 0 bridgehead atoms. The van der Waals surface area contributed by atoms with Crippen molar-refractivity contribution in [3.05, 3.63) is 6.42 Å². The van der Waals surface area contributed by atoms with E-state index in [1.54, 1.807) is 0 Å². The summed E-state index contributed by atoms with van der Waals surface area (Å²) in [5, 5.41) is 8.53. The maximum atomic E-state index is 8.53. The maximum Gasteiger partial charge on any atom is 0.0413 e. The smallest absolute Gasteiger partial charge is 0.0413 e. The minimum Gasteiger partial charge on any atom is -0.407 e. The Balaban J connectivity index is 0.000000640. The predicted octanol–water partition coefficient (Wildman–Crippen LogP) is 0.358. The van der Waals surface area contributed by atoms with E-state index in [2.05, 4.69) is 0 Å². The Kier molecular flexibility index (Phi) is 5.32. The molecular weight excluding hydrogens is 193 g/mol. The summed E-state index contributed by atoms with van der Waals surface area (Å²) in [6.07, 6.45) is 3.30. The van der Waals surface area contributed by atoms with Gasteiger partial charge in [-0.05, 0) is 13.0 Å². The van der Waals surface area contributed by atoms with Crippen LogP contribution in [0.5, 0.6) is 0 Å². The van der Waals surface area contributed by atoms with E-state index in [0.29, 0.717) is 6.10 Å². The third kappa shape index (κ3) is 3.08. The summed E-state index contributed by atoms with van der Waals surface area (Å²) < 4.78 is 5.20. The van der Waals surface area contributed by atoms with Gasteiger partial charge in [0.05, 0.1) is 0 Å². The van der Waals surface area contributed by atoms with Crippen molar-refractivity contribution in [3.8, 4) is 0 Å². The molecule has 0 aromatic heterocycles. The molecule has 0 unspecified atom stereocenters. The van der Waals surface area contributed by atoms with Crippen molar-refractivity contribution in [2.45, 2.75) is 25.6 Å².